The SMILES string of the molecule is COCCN(C)C(=O)O[C@H]1CC[C@H](C(=O)N(C[C@H]2CC[C@H](c3ccc(OC)c(C)c3)CC2)c2cccc(-c3cnn(C4CC4)c3)c2)CC1. The number of carbonyl (C=O) groups excluding carboxylic acids is 2. The van der Waals surface area contributed by atoms with Crippen molar-refractivity contribution in [2.24, 2.45) is 11.8 Å². The highest BCUT2D eigenvalue weighted by Gasteiger charge is 2.34. The molecule has 0 N–H and O–H groups in total. The zero-order valence-corrected chi connectivity index (χ0v) is 29.1. The van der Waals surface area contributed by atoms with Crippen LogP contribution in [0.3, 0.4) is 0 Å². The van der Waals surface area contributed by atoms with Gasteiger partial charge >= 0.3 is 6.09 Å². The lowest BCUT2D eigenvalue weighted by Crippen LogP contribution is -2.42. The Bertz CT molecular complexity index is 1530. The Morgan fingerprint density at radius 2 is 1.69 bits per heavy atom. The molecule has 2 amide bonds. The van der Waals surface area contributed by atoms with Crippen LogP contribution in [-0.2, 0) is 14.3 Å². The van der Waals surface area contributed by atoms with Crippen molar-refractivity contribution in [1.82, 2.24) is 14.7 Å². The molecule has 0 radical (unpaired) electrons. The van der Waals surface area contributed by atoms with Crippen LogP contribution in [0.15, 0.2) is 54.9 Å². The van der Waals surface area contributed by atoms with E-state index in [2.05, 4.69) is 70.3 Å². The summed E-state index contributed by atoms with van der Waals surface area (Å²) in [6.45, 7) is 3.79. The average Bonchev–Trinajstić information content (AvgIpc) is 3.85. The number of methoxy groups -OCH3 is 2. The molecule has 3 aliphatic rings. The maximum atomic E-state index is 14.4. The van der Waals surface area contributed by atoms with Crippen LogP contribution in [-0.4, -0.2) is 73.7 Å². The molecule has 48 heavy (non-hydrogen) atoms. The number of rotatable bonds is 12. The average molecular weight is 657 g/mol. The number of likely N-dealkylation sites (N-methyl/N-ethyl adjacent to an activating group) is 1. The number of amides is 2. The Morgan fingerprint density at radius 1 is 0.917 bits per heavy atom. The Kier molecular flexibility index (Phi) is 11.0. The molecule has 258 valence electrons. The number of anilines is 1. The third-order valence-corrected chi connectivity index (χ3v) is 10.7. The lowest BCUT2D eigenvalue weighted by molar-refractivity contribution is -0.124. The highest BCUT2D eigenvalue weighted by atomic mass is 16.6. The smallest absolute Gasteiger partial charge is 0.409 e. The standard InChI is InChI=1S/C39H52N4O5/c1-27-22-32(14-19-37(27)47-4)29-10-8-28(9-11-29)25-42(35-7-5-6-31(23-35)33-24-40-43(26-33)34-15-16-34)38(44)30-12-17-36(18-13-30)48-39(45)41(2)20-21-46-3/h5-7,14,19,22-24,26,28-30,34,36H,8-13,15-18,20-21,25H2,1-4H3/t28-,29-,30-,36-. The number of hydrogen-bond acceptors (Lipinski definition) is 6. The van der Waals surface area contributed by atoms with E-state index in [9.17, 15) is 9.59 Å². The summed E-state index contributed by atoms with van der Waals surface area (Å²) in [5.74, 6) is 2.01. The maximum Gasteiger partial charge on any atom is 0.409 e. The molecular weight excluding hydrogens is 604 g/mol. The van der Waals surface area contributed by atoms with E-state index in [1.54, 1.807) is 26.2 Å². The largest absolute Gasteiger partial charge is 0.496 e. The molecule has 0 aliphatic heterocycles. The number of benzene rings is 2. The Labute approximate surface area is 285 Å². The molecule has 9 heteroatoms. The number of aryl methyl sites for hydroxylation is 1. The summed E-state index contributed by atoms with van der Waals surface area (Å²) in [6, 6.07) is 15.6. The highest BCUT2D eigenvalue weighted by molar-refractivity contribution is 5.95. The number of hydrogen-bond donors (Lipinski definition) is 0. The van der Waals surface area contributed by atoms with Gasteiger partial charge < -0.3 is 24.0 Å². The van der Waals surface area contributed by atoms with Crippen LogP contribution in [0.5, 0.6) is 5.75 Å². The van der Waals surface area contributed by atoms with Crippen LogP contribution in [0.1, 0.15) is 87.3 Å². The van der Waals surface area contributed by atoms with Gasteiger partial charge in [0.05, 0.1) is 26.0 Å². The minimum Gasteiger partial charge on any atom is -0.496 e. The van der Waals surface area contributed by atoms with Gasteiger partial charge in [-0.25, -0.2) is 4.79 Å². The summed E-state index contributed by atoms with van der Waals surface area (Å²) in [5.41, 5.74) is 5.70. The summed E-state index contributed by atoms with van der Waals surface area (Å²) in [5, 5.41) is 4.62. The van der Waals surface area contributed by atoms with Gasteiger partial charge in [0.1, 0.15) is 11.9 Å². The third kappa shape index (κ3) is 8.23. The van der Waals surface area contributed by atoms with E-state index in [1.807, 2.05) is 6.20 Å². The van der Waals surface area contributed by atoms with Gasteiger partial charge in [0.2, 0.25) is 5.91 Å². The van der Waals surface area contributed by atoms with Crippen LogP contribution in [0.4, 0.5) is 10.5 Å². The third-order valence-electron chi connectivity index (χ3n) is 10.7. The molecule has 3 aromatic rings. The normalized spacial score (nSPS) is 22.6. The van der Waals surface area contributed by atoms with Crippen molar-refractivity contribution in [2.45, 2.75) is 89.2 Å². The molecular formula is C39H52N4O5. The van der Waals surface area contributed by atoms with E-state index in [0.29, 0.717) is 56.7 Å². The quantitative estimate of drug-likeness (QED) is 0.198. The first kappa shape index (κ1) is 34.0. The van der Waals surface area contributed by atoms with Crippen LogP contribution >= 0.6 is 0 Å². The molecule has 0 unspecified atom stereocenters. The molecule has 3 fully saturated rings. The first-order chi connectivity index (χ1) is 23.3. The zero-order chi connectivity index (χ0) is 33.6. The number of aromatic nitrogens is 2. The molecule has 2 aromatic carbocycles. The number of nitrogens with zero attached hydrogens (tertiary/aromatic N) is 4. The van der Waals surface area contributed by atoms with Gasteiger partial charge in [0.15, 0.2) is 0 Å². The fraction of sp³-hybridized carbons (Fsp3) is 0.564. The molecule has 0 saturated heterocycles. The second-order valence-electron chi connectivity index (χ2n) is 14.2. The Balaban J connectivity index is 1.14. The monoisotopic (exact) mass is 656 g/mol. The van der Waals surface area contributed by atoms with Gasteiger partial charge in [0, 0.05) is 50.6 Å². The number of carbonyl (C=O) groups is 2. The van der Waals surface area contributed by atoms with Gasteiger partial charge in [-0.15, -0.1) is 0 Å². The van der Waals surface area contributed by atoms with Crippen LogP contribution in [0.25, 0.3) is 11.1 Å². The van der Waals surface area contributed by atoms with E-state index in [4.69, 9.17) is 14.2 Å². The van der Waals surface area contributed by atoms with Crippen molar-refractivity contribution in [1.29, 1.82) is 0 Å². The molecule has 0 spiro atoms. The summed E-state index contributed by atoms with van der Waals surface area (Å²) >= 11 is 0. The van der Waals surface area contributed by atoms with E-state index in [-0.39, 0.29) is 24.0 Å². The molecule has 3 aliphatic carbocycles. The van der Waals surface area contributed by atoms with Gasteiger partial charge in [-0.3, -0.25) is 9.48 Å². The molecule has 0 atom stereocenters. The van der Waals surface area contributed by atoms with Crippen molar-refractivity contribution in [3.05, 3.63) is 66.0 Å². The molecule has 9 nitrogen and oxygen atoms in total. The fourth-order valence-electron chi connectivity index (χ4n) is 7.49. The van der Waals surface area contributed by atoms with Crippen molar-refractivity contribution in [3.8, 4) is 16.9 Å². The molecule has 1 heterocycles. The Morgan fingerprint density at radius 3 is 2.38 bits per heavy atom. The lowest BCUT2D eigenvalue weighted by atomic mass is 9.78. The summed E-state index contributed by atoms with van der Waals surface area (Å²) in [4.78, 5) is 30.6. The van der Waals surface area contributed by atoms with Crippen molar-refractivity contribution in [2.75, 3.05) is 45.9 Å². The second kappa shape index (κ2) is 15.6. The van der Waals surface area contributed by atoms with E-state index in [0.717, 1.165) is 54.8 Å². The first-order valence-electron chi connectivity index (χ1n) is 17.8. The van der Waals surface area contributed by atoms with E-state index < -0.39 is 0 Å². The van der Waals surface area contributed by atoms with Gasteiger partial charge in [-0.2, -0.15) is 5.10 Å². The lowest BCUT2D eigenvalue weighted by Gasteiger charge is -2.36. The minimum atomic E-state index is -0.328. The maximum absolute atomic E-state index is 14.4. The molecule has 0 bridgehead atoms. The van der Waals surface area contributed by atoms with E-state index >= 15 is 0 Å². The summed E-state index contributed by atoms with van der Waals surface area (Å²) in [6.07, 6.45) is 13.2. The molecule has 1 aromatic heterocycles. The van der Waals surface area contributed by atoms with Crippen molar-refractivity contribution < 1.29 is 23.8 Å². The van der Waals surface area contributed by atoms with Gasteiger partial charge in [0.25, 0.3) is 0 Å². The summed E-state index contributed by atoms with van der Waals surface area (Å²) in [7, 11) is 5.07. The summed E-state index contributed by atoms with van der Waals surface area (Å²) < 4.78 is 18.4. The topological polar surface area (TPSA) is 86.1 Å². The zero-order valence-electron chi connectivity index (χ0n) is 29.1. The number of ether oxygens (including phenoxy) is 3. The van der Waals surface area contributed by atoms with E-state index in [1.165, 1.54) is 24.0 Å². The first-order valence-corrected chi connectivity index (χ1v) is 17.8. The predicted octanol–water partition coefficient (Wildman–Crippen LogP) is 7.78. The highest BCUT2D eigenvalue weighted by Crippen LogP contribution is 2.40. The predicted molar refractivity (Wildman–Crippen MR) is 187 cm³/mol. The van der Waals surface area contributed by atoms with Gasteiger partial charge in [-0.05, 0) is 118 Å². The fourth-order valence-corrected chi connectivity index (χ4v) is 7.49. The van der Waals surface area contributed by atoms with Crippen LogP contribution < -0.4 is 9.64 Å². The molecule has 3 saturated carbocycles. The second-order valence-corrected chi connectivity index (χ2v) is 14.2. The van der Waals surface area contributed by atoms with Crippen LogP contribution in [0, 0.1) is 18.8 Å². The molecule has 6 rings (SSSR count). The van der Waals surface area contributed by atoms with Crippen molar-refractivity contribution >= 4 is 17.7 Å². The van der Waals surface area contributed by atoms with Crippen LogP contribution in [0.2, 0.25) is 0 Å². The van der Waals surface area contributed by atoms with Gasteiger partial charge in [-0.1, -0.05) is 24.3 Å². The minimum absolute atomic E-state index is 0.0916. The Hall–Kier alpha value is -3.85. The van der Waals surface area contributed by atoms with Crippen molar-refractivity contribution in [3.63, 3.8) is 0 Å².